The lowest BCUT2D eigenvalue weighted by Gasteiger charge is -2.02. The van der Waals surface area contributed by atoms with Crippen LogP contribution >= 0.6 is 0 Å². The summed E-state index contributed by atoms with van der Waals surface area (Å²) in [7, 11) is 1.46. The molecule has 0 heterocycles. The Morgan fingerprint density at radius 2 is 1.78 bits per heavy atom. The number of amides is 2. The number of rotatable bonds is 2. The summed E-state index contributed by atoms with van der Waals surface area (Å²) in [5, 5.41) is 15.2. The van der Waals surface area contributed by atoms with Crippen molar-refractivity contribution in [2.45, 2.75) is 27.7 Å². The number of nitro groups is 1. The fraction of sp³-hybridized carbons (Fsp3) is 0.417. The monoisotopic (exact) mass is 255 g/mol. The Balaban J connectivity index is 0. The number of hydrogen-bond acceptors (Lipinski definition) is 3. The van der Waals surface area contributed by atoms with E-state index in [9.17, 15) is 14.9 Å². The van der Waals surface area contributed by atoms with Crippen LogP contribution in [-0.2, 0) is 0 Å². The Kier molecular flexibility index (Phi) is 11.5. The molecule has 0 unspecified atom stereocenters. The maximum Gasteiger partial charge on any atom is 0.318 e. The number of carbonyl (C=O) groups is 1. The van der Waals surface area contributed by atoms with Crippen molar-refractivity contribution in [1.82, 2.24) is 5.32 Å². The number of carbonyl (C=O) groups excluding carboxylic acids is 1. The standard InChI is InChI=1S/C8H9N3O3.2C2H6/c1-9-8(12)10-6-3-2-4-7(5-6)11(13)14;2*1-2/h2-5H,1H3,(H2,9,10,12);2*1-2H3. The predicted molar refractivity (Wildman–Crippen MR) is 73.9 cm³/mol. The molecule has 1 aromatic carbocycles. The number of urea groups is 1. The third-order valence-electron chi connectivity index (χ3n) is 1.54. The van der Waals surface area contributed by atoms with Crippen LogP contribution in [0.1, 0.15) is 27.7 Å². The molecule has 1 aromatic rings. The molecule has 1 rings (SSSR count). The lowest BCUT2D eigenvalue weighted by molar-refractivity contribution is -0.384. The van der Waals surface area contributed by atoms with Gasteiger partial charge in [-0.15, -0.1) is 0 Å². The first kappa shape index (κ1) is 18.3. The van der Waals surface area contributed by atoms with Gasteiger partial charge in [0.1, 0.15) is 0 Å². The molecule has 0 aliphatic rings. The average molecular weight is 255 g/mol. The molecule has 0 aromatic heterocycles. The fourth-order valence-electron chi connectivity index (χ4n) is 0.891. The van der Waals surface area contributed by atoms with Crippen molar-refractivity contribution >= 4 is 17.4 Å². The van der Waals surface area contributed by atoms with Crippen LogP contribution in [0.25, 0.3) is 0 Å². The Hall–Kier alpha value is -2.11. The van der Waals surface area contributed by atoms with Crippen molar-refractivity contribution < 1.29 is 9.72 Å². The quantitative estimate of drug-likeness (QED) is 0.627. The number of hydrogen-bond donors (Lipinski definition) is 2. The number of nitro benzene ring substituents is 1. The molecule has 0 spiro atoms. The van der Waals surface area contributed by atoms with Gasteiger partial charge in [-0.25, -0.2) is 4.79 Å². The topological polar surface area (TPSA) is 84.3 Å². The second-order valence-electron chi connectivity index (χ2n) is 2.51. The molecule has 6 heteroatoms. The second-order valence-corrected chi connectivity index (χ2v) is 2.51. The van der Waals surface area contributed by atoms with Crippen LogP contribution in [0.2, 0.25) is 0 Å². The fourth-order valence-corrected chi connectivity index (χ4v) is 0.891. The first-order chi connectivity index (χ1) is 8.63. The van der Waals surface area contributed by atoms with E-state index in [0.717, 1.165) is 0 Å². The van der Waals surface area contributed by atoms with Gasteiger partial charge < -0.3 is 10.6 Å². The molecule has 102 valence electrons. The van der Waals surface area contributed by atoms with E-state index in [0.29, 0.717) is 5.69 Å². The Bertz CT molecular complexity index is 367. The molecule has 0 saturated heterocycles. The summed E-state index contributed by atoms with van der Waals surface area (Å²) < 4.78 is 0. The highest BCUT2D eigenvalue weighted by molar-refractivity contribution is 5.89. The third kappa shape index (κ3) is 7.21. The minimum Gasteiger partial charge on any atom is -0.341 e. The summed E-state index contributed by atoms with van der Waals surface area (Å²) in [5.41, 5.74) is 0.331. The molecular weight excluding hydrogens is 234 g/mol. The lowest BCUT2D eigenvalue weighted by atomic mass is 10.3. The van der Waals surface area contributed by atoms with E-state index in [1.165, 1.54) is 25.2 Å². The number of nitrogens with one attached hydrogen (secondary N) is 2. The van der Waals surface area contributed by atoms with Crippen molar-refractivity contribution in [3.63, 3.8) is 0 Å². The summed E-state index contributed by atoms with van der Waals surface area (Å²) in [5.74, 6) is 0. The summed E-state index contributed by atoms with van der Waals surface area (Å²) >= 11 is 0. The van der Waals surface area contributed by atoms with E-state index < -0.39 is 11.0 Å². The molecule has 0 saturated carbocycles. The van der Waals surface area contributed by atoms with Crippen LogP contribution in [0.5, 0.6) is 0 Å². The molecule has 2 N–H and O–H groups in total. The highest BCUT2D eigenvalue weighted by Crippen LogP contribution is 2.16. The van der Waals surface area contributed by atoms with E-state index in [1.807, 2.05) is 27.7 Å². The highest BCUT2D eigenvalue weighted by Gasteiger charge is 2.06. The number of non-ortho nitro benzene ring substituents is 1. The minimum atomic E-state index is -0.519. The molecule has 2 amide bonds. The number of nitrogens with zero attached hydrogens (tertiary/aromatic N) is 1. The van der Waals surface area contributed by atoms with Gasteiger partial charge in [0, 0.05) is 24.9 Å². The van der Waals surface area contributed by atoms with E-state index >= 15 is 0 Å². The van der Waals surface area contributed by atoms with E-state index in [1.54, 1.807) is 6.07 Å². The number of anilines is 1. The van der Waals surface area contributed by atoms with Gasteiger partial charge in [-0.1, -0.05) is 33.8 Å². The largest absolute Gasteiger partial charge is 0.341 e. The normalized spacial score (nSPS) is 7.83. The smallest absolute Gasteiger partial charge is 0.318 e. The zero-order valence-electron chi connectivity index (χ0n) is 11.5. The highest BCUT2D eigenvalue weighted by atomic mass is 16.6. The van der Waals surface area contributed by atoms with Crippen molar-refractivity contribution in [2.24, 2.45) is 0 Å². The molecule has 0 bridgehead atoms. The lowest BCUT2D eigenvalue weighted by Crippen LogP contribution is -2.24. The van der Waals surface area contributed by atoms with Crippen molar-refractivity contribution in [3.05, 3.63) is 34.4 Å². The van der Waals surface area contributed by atoms with E-state index in [4.69, 9.17) is 0 Å². The predicted octanol–water partition coefficient (Wildman–Crippen LogP) is 3.40. The van der Waals surface area contributed by atoms with Gasteiger partial charge in [0.05, 0.1) is 4.92 Å². The molecule has 6 nitrogen and oxygen atoms in total. The zero-order valence-corrected chi connectivity index (χ0v) is 11.5. The third-order valence-corrected chi connectivity index (χ3v) is 1.54. The molecule has 0 atom stereocenters. The SMILES string of the molecule is CC.CC.CNC(=O)Nc1cccc([N+](=O)[O-])c1. The van der Waals surface area contributed by atoms with Gasteiger partial charge in [0.15, 0.2) is 0 Å². The zero-order chi connectivity index (χ0) is 14.6. The van der Waals surface area contributed by atoms with E-state index in [2.05, 4.69) is 10.6 Å². The van der Waals surface area contributed by atoms with Crippen molar-refractivity contribution in [1.29, 1.82) is 0 Å². The molecular formula is C12H21N3O3. The average Bonchev–Trinajstić information content (AvgIpc) is 2.43. The van der Waals surface area contributed by atoms with Gasteiger partial charge in [0.2, 0.25) is 0 Å². The molecule has 0 aliphatic carbocycles. The van der Waals surface area contributed by atoms with Gasteiger partial charge in [0.25, 0.3) is 5.69 Å². The summed E-state index contributed by atoms with van der Waals surface area (Å²) in [6, 6.07) is 5.31. The van der Waals surface area contributed by atoms with E-state index in [-0.39, 0.29) is 5.69 Å². The van der Waals surface area contributed by atoms with Crippen LogP contribution in [0.4, 0.5) is 16.2 Å². The summed E-state index contributed by atoms with van der Waals surface area (Å²) in [6.07, 6.45) is 0. The van der Waals surface area contributed by atoms with Crippen LogP contribution in [0, 0.1) is 10.1 Å². The van der Waals surface area contributed by atoms with Crippen LogP contribution in [0.15, 0.2) is 24.3 Å². The van der Waals surface area contributed by atoms with Gasteiger partial charge >= 0.3 is 6.03 Å². The van der Waals surface area contributed by atoms with Crippen LogP contribution < -0.4 is 10.6 Å². The maximum atomic E-state index is 10.9. The number of benzene rings is 1. The van der Waals surface area contributed by atoms with Gasteiger partial charge in [-0.05, 0) is 6.07 Å². The Morgan fingerprint density at radius 3 is 2.22 bits per heavy atom. The van der Waals surface area contributed by atoms with Crippen molar-refractivity contribution in [2.75, 3.05) is 12.4 Å². The Morgan fingerprint density at radius 1 is 1.22 bits per heavy atom. The first-order valence-electron chi connectivity index (χ1n) is 5.86. The van der Waals surface area contributed by atoms with Crippen LogP contribution in [-0.4, -0.2) is 18.0 Å². The van der Waals surface area contributed by atoms with Gasteiger partial charge in [-0.2, -0.15) is 0 Å². The van der Waals surface area contributed by atoms with Crippen molar-refractivity contribution in [3.8, 4) is 0 Å². The summed E-state index contributed by atoms with van der Waals surface area (Å²) in [6.45, 7) is 8.00. The maximum absolute atomic E-state index is 10.9. The molecule has 0 fully saturated rings. The first-order valence-corrected chi connectivity index (χ1v) is 5.86. The second kappa shape index (κ2) is 11.4. The molecule has 0 aliphatic heterocycles. The Labute approximate surface area is 108 Å². The molecule has 0 radical (unpaired) electrons. The van der Waals surface area contributed by atoms with Crippen LogP contribution in [0.3, 0.4) is 0 Å². The van der Waals surface area contributed by atoms with Gasteiger partial charge in [-0.3, -0.25) is 10.1 Å². The molecule has 18 heavy (non-hydrogen) atoms. The summed E-state index contributed by atoms with van der Waals surface area (Å²) in [4.78, 5) is 20.7. The minimum absolute atomic E-state index is 0.0566.